The number of aliphatic carboxylic acids is 1. The van der Waals surface area contributed by atoms with Crippen molar-refractivity contribution in [3.05, 3.63) is 44.6 Å². The fraction of sp³-hybridized carbons (Fsp3) is 0.357. The van der Waals surface area contributed by atoms with E-state index in [0.717, 1.165) is 25.0 Å². The number of aromatic amines is 1. The van der Waals surface area contributed by atoms with Gasteiger partial charge in [-0.1, -0.05) is 12.8 Å². The molecular formula is C14H12F2N2O4. The second-order valence-corrected chi connectivity index (χ2v) is 5.42. The van der Waals surface area contributed by atoms with Crippen molar-refractivity contribution >= 4 is 16.9 Å². The molecule has 1 aliphatic rings. The first-order valence-corrected chi connectivity index (χ1v) is 6.75. The van der Waals surface area contributed by atoms with Gasteiger partial charge in [0.25, 0.3) is 5.56 Å². The van der Waals surface area contributed by atoms with Gasteiger partial charge in [0.15, 0.2) is 11.6 Å². The summed E-state index contributed by atoms with van der Waals surface area (Å²) in [6.07, 6.45) is 1.76. The van der Waals surface area contributed by atoms with E-state index in [-0.39, 0.29) is 17.9 Å². The molecule has 1 aliphatic carbocycles. The van der Waals surface area contributed by atoms with Crippen LogP contribution in [0.15, 0.2) is 21.7 Å². The third-order valence-corrected chi connectivity index (χ3v) is 3.84. The standard InChI is InChI=1S/C14H12F2N2O4/c15-7-3-4-8-10(11(7)16)12(19)18(14(22)17-8)9(13(20)21)5-6-1-2-6/h3-4,6,9H,1-2,5H2,(H,17,22)(H,20,21). The number of hydrogen-bond acceptors (Lipinski definition) is 3. The quantitative estimate of drug-likeness (QED) is 0.892. The van der Waals surface area contributed by atoms with Crippen molar-refractivity contribution in [2.24, 2.45) is 5.92 Å². The van der Waals surface area contributed by atoms with Crippen LogP contribution in [0.1, 0.15) is 25.3 Å². The van der Waals surface area contributed by atoms with E-state index in [2.05, 4.69) is 4.98 Å². The first-order valence-electron chi connectivity index (χ1n) is 6.75. The van der Waals surface area contributed by atoms with E-state index >= 15 is 0 Å². The van der Waals surface area contributed by atoms with Gasteiger partial charge in [-0.3, -0.25) is 4.79 Å². The highest BCUT2D eigenvalue weighted by Crippen LogP contribution is 2.36. The van der Waals surface area contributed by atoms with Crippen molar-refractivity contribution < 1.29 is 18.7 Å². The van der Waals surface area contributed by atoms with Crippen LogP contribution in [0.2, 0.25) is 0 Å². The monoisotopic (exact) mass is 310 g/mol. The number of fused-ring (bicyclic) bond motifs is 1. The van der Waals surface area contributed by atoms with Gasteiger partial charge in [-0.05, 0) is 24.5 Å². The zero-order valence-electron chi connectivity index (χ0n) is 11.3. The number of benzene rings is 1. The first kappa shape index (κ1) is 14.4. The molecule has 1 unspecified atom stereocenters. The number of carboxylic acids is 1. The Bertz CT molecular complexity index is 883. The van der Waals surface area contributed by atoms with E-state index < -0.39 is 40.3 Å². The maximum Gasteiger partial charge on any atom is 0.329 e. The Morgan fingerprint density at radius 1 is 1.36 bits per heavy atom. The number of nitrogens with zero attached hydrogens (tertiary/aromatic N) is 1. The average Bonchev–Trinajstić information content (AvgIpc) is 3.25. The van der Waals surface area contributed by atoms with Crippen molar-refractivity contribution in [1.29, 1.82) is 0 Å². The minimum Gasteiger partial charge on any atom is -0.480 e. The number of rotatable bonds is 4. The number of carbonyl (C=O) groups is 1. The smallest absolute Gasteiger partial charge is 0.329 e. The molecule has 116 valence electrons. The molecule has 22 heavy (non-hydrogen) atoms. The van der Waals surface area contributed by atoms with Crippen LogP contribution in [-0.4, -0.2) is 20.6 Å². The number of H-pyrrole nitrogens is 1. The molecule has 6 nitrogen and oxygen atoms in total. The van der Waals surface area contributed by atoms with E-state index in [9.17, 15) is 28.3 Å². The van der Waals surface area contributed by atoms with Gasteiger partial charge in [0, 0.05) is 0 Å². The van der Waals surface area contributed by atoms with Crippen molar-refractivity contribution in [2.75, 3.05) is 0 Å². The van der Waals surface area contributed by atoms with Crippen LogP contribution >= 0.6 is 0 Å². The summed E-state index contributed by atoms with van der Waals surface area (Å²) >= 11 is 0. The zero-order chi connectivity index (χ0) is 16.0. The fourth-order valence-electron chi connectivity index (χ4n) is 2.52. The van der Waals surface area contributed by atoms with Gasteiger partial charge in [-0.2, -0.15) is 0 Å². The lowest BCUT2D eigenvalue weighted by molar-refractivity contribution is -0.141. The predicted octanol–water partition coefficient (Wildman–Crippen LogP) is 1.39. The Balaban J connectivity index is 2.28. The molecule has 0 bridgehead atoms. The molecule has 0 spiro atoms. The summed E-state index contributed by atoms with van der Waals surface area (Å²) < 4.78 is 27.6. The molecular weight excluding hydrogens is 298 g/mol. The summed E-state index contributed by atoms with van der Waals surface area (Å²) in [7, 11) is 0. The van der Waals surface area contributed by atoms with E-state index in [1.165, 1.54) is 0 Å². The Morgan fingerprint density at radius 2 is 2.05 bits per heavy atom. The molecule has 0 saturated heterocycles. The lowest BCUT2D eigenvalue weighted by Gasteiger charge is -2.15. The van der Waals surface area contributed by atoms with Gasteiger partial charge >= 0.3 is 11.7 Å². The molecule has 0 amide bonds. The topological polar surface area (TPSA) is 92.2 Å². The number of carboxylic acid groups (broad SMARTS) is 1. The van der Waals surface area contributed by atoms with Crippen molar-refractivity contribution in [3.63, 3.8) is 0 Å². The van der Waals surface area contributed by atoms with E-state index in [4.69, 9.17) is 0 Å². The van der Waals surface area contributed by atoms with Crippen LogP contribution in [-0.2, 0) is 4.79 Å². The van der Waals surface area contributed by atoms with Gasteiger partial charge in [-0.25, -0.2) is 22.9 Å². The number of aromatic nitrogens is 2. The number of halogens is 2. The molecule has 2 aromatic rings. The van der Waals surface area contributed by atoms with Crippen molar-refractivity contribution in [1.82, 2.24) is 9.55 Å². The molecule has 1 heterocycles. The molecule has 3 rings (SSSR count). The fourth-order valence-corrected chi connectivity index (χ4v) is 2.52. The van der Waals surface area contributed by atoms with Crippen molar-refractivity contribution in [2.45, 2.75) is 25.3 Å². The Labute approximate surface area is 122 Å². The average molecular weight is 310 g/mol. The Kier molecular flexibility index (Phi) is 3.31. The van der Waals surface area contributed by atoms with Crippen LogP contribution in [0, 0.1) is 17.6 Å². The summed E-state index contributed by atoms with van der Waals surface area (Å²) in [6.45, 7) is 0. The third-order valence-electron chi connectivity index (χ3n) is 3.84. The number of hydrogen-bond donors (Lipinski definition) is 2. The second kappa shape index (κ2) is 5.04. The highest BCUT2D eigenvalue weighted by atomic mass is 19.2. The minimum atomic E-state index is -1.40. The van der Waals surface area contributed by atoms with Crippen LogP contribution in [0.3, 0.4) is 0 Å². The zero-order valence-corrected chi connectivity index (χ0v) is 11.3. The lowest BCUT2D eigenvalue weighted by Crippen LogP contribution is -2.41. The molecule has 8 heteroatoms. The van der Waals surface area contributed by atoms with Crippen LogP contribution in [0.4, 0.5) is 8.78 Å². The number of nitrogens with one attached hydrogen (secondary N) is 1. The van der Waals surface area contributed by atoms with E-state index in [1.54, 1.807) is 0 Å². The first-order chi connectivity index (χ1) is 10.4. The van der Waals surface area contributed by atoms with Gasteiger partial charge in [0.05, 0.1) is 5.52 Å². The highest BCUT2D eigenvalue weighted by molar-refractivity contribution is 5.79. The SMILES string of the molecule is O=C(O)C(CC1CC1)n1c(=O)[nH]c2ccc(F)c(F)c2c1=O. The van der Waals surface area contributed by atoms with Crippen LogP contribution in [0.5, 0.6) is 0 Å². The summed E-state index contributed by atoms with van der Waals surface area (Å²) in [6, 6.07) is 0.462. The Hall–Kier alpha value is -2.51. The maximum atomic E-state index is 13.9. The second-order valence-electron chi connectivity index (χ2n) is 5.42. The van der Waals surface area contributed by atoms with E-state index in [1.807, 2.05) is 0 Å². The third kappa shape index (κ3) is 2.30. The van der Waals surface area contributed by atoms with Gasteiger partial charge < -0.3 is 10.1 Å². The van der Waals surface area contributed by atoms with Gasteiger partial charge in [0.2, 0.25) is 0 Å². The van der Waals surface area contributed by atoms with Crippen molar-refractivity contribution in [3.8, 4) is 0 Å². The Morgan fingerprint density at radius 3 is 2.64 bits per heavy atom. The molecule has 0 aliphatic heterocycles. The summed E-state index contributed by atoms with van der Waals surface area (Å²) in [4.78, 5) is 38.0. The largest absolute Gasteiger partial charge is 0.480 e. The predicted molar refractivity (Wildman–Crippen MR) is 72.8 cm³/mol. The van der Waals surface area contributed by atoms with Crippen LogP contribution in [0.25, 0.3) is 10.9 Å². The van der Waals surface area contributed by atoms with E-state index in [0.29, 0.717) is 4.57 Å². The molecule has 1 atom stereocenters. The molecule has 2 N–H and O–H groups in total. The minimum absolute atomic E-state index is 0.112. The summed E-state index contributed by atoms with van der Waals surface area (Å²) in [5, 5.41) is 8.62. The highest BCUT2D eigenvalue weighted by Gasteiger charge is 2.32. The van der Waals surface area contributed by atoms with Gasteiger partial charge in [-0.15, -0.1) is 0 Å². The maximum absolute atomic E-state index is 13.9. The normalized spacial score (nSPS) is 15.9. The molecule has 1 fully saturated rings. The molecule has 1 saturated carbocycles. The summed E-state index contributed by atoms with van der Waals surface area (Å²) in [5.41, 5.74) is -2.25. The summed E-state index contributed by atoms with van der Waals surface area (Å²) in [5.74, 6) is -3.86. The lowest BCUT2D eigenvalue weighted by atomic mass is 10.1. The molecule has 1 aromatic carbocycles. The van der Waals surface area contributed by atoms with Gasteiger partial charge in [0.1, 0.15) is 11.4 Å². The molecule has 1 aromatic heterocycles. The van der Waals surface area contributed by atoms with Crippen LogP contribution < -0.4 is 11.2 Å². The molecule has 0 radical (unpaired) electrons.